The summed E-state index contributed by atoms with van der Waals surface area (Å²) in [6, 6.07) is 0. The Labute approximate surface area is 112 Å². The van der Waals surface area contributed by atoms with Crippen LogP contribution in [0.5, 0.6) is 0 Å². The predicted molar refractivity (Wildman–Crippen MR) is 68.0 cm³/mol. The Morgan fingerprint density at radius 1 is 1.26 bits per heavy atom. The Morgan fingerprint density at radius 3 is 2.63 bits per heavy atom. The number of hydrogen-bond donors (Lipinski definition) is 1. The summed E-state index contributed by atoms with van der Waals surface area (Å²) in [5.74, 6) is -0.839. The first-order valence-corrected chi connectivity index (χ1v) is 6.70. The molecule has 4 heteroatoms. The Bertz CT molecular complexity index is 492. The van der Waals surface area contributed by atoms with Gasteiger partial charge in [-0.25, -0.2) is 4.79 Å². The first-order chi connectivity index (χ1) is 8.91. The molecule has 0 aromatic rings. The third-order valence-electron chi connectivity index (χ3n) is 5.02. The van der Waals surface area contributed by atoms with Crippen molar-refractivity contribution in [3.05, 3.63) is 24.3 Å². The van der Waals surface area contributed by atoms with E-state index in [-0.39, 0.29) is 23.5 Å². The van der Waals surface area contributed by atoms with E-state index in [4.69, 9.17) is 4.74 Å². The molecule has 1 aliphatic heterocycles. The summed E-state index contributed by atoms with van der Waals surface area (Å²) >= 11 is 0. The van der Waals surface area contributed by atoms with E-state index in [9.17, 15) is 14.7 Å². The second kappa shape index (κ2) is 4.04. The Hall–Kier alpha value is -1.42. The van der Waals surface area contributed by atoms with Gasteiger partial charge in [0.15, 0.2) is 0 Å². The molecule has 4 nitrogen and oxygen atoms in total. The molecule has 1 saturated heterocycles. The number of fused-ring (bicyclic) bond motifs is 3. The van der Waals surface area contributed by atoms with Gasteiger partial charge in [0.2, 0.25) is 0 Å². The Balaban J connectivity index is 2.05. The van der Waals surface area contributed by atoms with Gasteiger partial charge in [-0.3, -0.25) is 4.79 Å². The van der Waals surface area contributed by atoms with E-state index in [2.05, 4.69) is 13.2 Å². The molecule has 0 unspecified atom stereocenters. The molecule has 0 spiro atoms. The summed E-state index contributed by atoms with van der Waals surface area (Å²) in [7, 11) is 0. The maximum atomic E-state index is 12.0. The van der Waals surface area contributed by atoms with Crippen molar-refractivity contribution in [1.29, 1.82) is 0 Å². The van der Waals surface area contributed by atoms with Crippen LogP contribution in [0.25, 0.3) is 0 Å². The summed E-state index contributed by atoms with van der Waals surface area (Å²) in [6.07, 6.45) is -0.257. The van der Waals surface area contributed by atoms with Crippen molar-refractivity contribution >= 4 is 11.8 Å². The zero-order chi connectivity index (χ0) is 13.9. The van der Waals surface area contributed by atoms with Gasteiger partial charge in [0.05, 0.1) is 12.0 Å². The van der Waals surface area contributed by atoms with E-state index in [1.165, 1.54) is 0 Å². The van der Waals surface area contributed by atoms with Gasteiger partial charge in [-0.1, -0.05) is 25.7 Å². The molecule has 0 aromatic carbocycles. The molecule has 19 heavy (non-hydrogen) atoms. The predicted octanol–water partition coefficient (Wildman–Crippen LogP) is 1.25. The highest BCUT2D eigenvalue weighted by atomic mass is 16.6. The van der Waals surface area contributed by atoms with Crippen molar-refractivity contribution in [2.75, 3.05) is 0 Å². The maximum Gasteiger partial charge on any atom is 0.334 e. The number of carbonyl (C=O) groups excluding carboxylic acids is 2. The van der Waals surface area contributed by atoms with Crippen molar-refractivity contribution < 1.29 is 19.4 Å². The molecule has 3 rings (SSSR count). The largest absolute Gasteiger partial charge is 0.458 e. The lowest BCUT2D eigenvalue weighted by molar-refractivity contribution is -0.143. The lowest BCUT2D eigenvalue weighted by atomic mass is 9.79. The number of hydrogen-bond acceptors (Lipinski definition) is 4. The van der Waals surface area contributed by atoms with Gasteiger partial charge >= 0.3 is 5.97 Å². The van der Waals surface area contributed by atoms with Crippen molar-refractivity contribution in [2.45, 2.75) is 32.0 Å². The average molecular weight is 262 g/mol. The van der Waals surface area contributed by atoms with Crippen LogP contribution >= 0.6 is 0 Å². The van der Waals surface area contributed by atoms with Crippen LogP contribution in [0, 0.1) is 23.7 Å². The fourth-order valence-electron chi connectivity index (χ4n) is 3.95. The minimum atomic E-state index is -0.690. The van der Waals surface area contributed by atoms with E-state index in [0.717, 1.165) is 5.57 Å². The van der Waals surface area contributed by atoms with E-state index >= 15 is 0 Å². The van der Waals surface area contributed by atoms with Crippen LogP contribution in [0.2, 0.25) is 0 Å². The lowest BCUT2D eigenvalue weighted by Gasteiger charge is -2.28. The fourth-order valence-corrected chi connectivity index (χ4v) is 3.95. The Morgan fingerprint density at radius 2 is 1.95 bits per heavy atom. The Kier molecular flexibility index (Phi) is 2.68. The summed E-state index contributed by atoms with van der Waals surface area (Å²) in [5.41, 5.74) is 1.23. The summed E-state index contributed by atoms with van der Waals surface area (Å²) in [5, 5.41) is 10.3. The minimum Gasteiger partial charge on any atom is -0.458 e. The van der Waals surface area contributed by atoms with Crippen LogP contribution in [-0.4, -0.2) is 29.1 Å². The molecule has 0 bridgehead atoms. The van der Waals surface area contributed by atoms with E-state index in [0.29, 0.717) is 18.4 Å². The van der Waals surface area contributed by atoms with Crippen LogP contribution < -0.4 is 0 Å². The molecule has 1 N–H and O–H groups in total. The highest BCUT2D eigenvalue weighted by Gasteiger charge is 2.56. The van der Waals surface area contributed by atoms with Gasteiger partial charge in [-0.2, -0.15) is 0 Å². The number of ketones is 1. The zero-order valence-corrected chi connectivity index (χ0v) is 11.0. The summed E-state index contributed by atoms with van der Waals surface area (Å²) < 4.78 is 5.42. The molecule has 3 fully saturated rings. The number of esters is 1. The molecular weight excluding hydrogens is 244 g/mol. The smallest absolute Gasteiger partial charge is 0.334 e. The zero-order valence-electron chi connectivity index (χ0n) is 11.0. The van der Waals surface area contributed by atoms with Crippen molar-refractivity contribution in [1.82, 2.24) is 0 Å². The van der Waals surface area contributed by atoms with Gasteiger partial charge in [0.25, 0.3) is 0 Å². The standard InChI is InChI=1S/C15H18O4/c1-6-4-11(17)13-8(3)15(18)19-14(13)12-7(2)10(16)5-9(6)12/h7,9,11-14,17H,1,3-5H2,2H3/t7-,9+,11+,12+,13-,14-/m1/s1. The number of carbonyl (C=O) groups is 2. The molecule has 102 valence electrons. The van der Waals surface area contributed by atoms with E-state index < -0.39 is 24.1 Å². The second-order valence-electron chi connectivity index (χ2n) is 5.99. The summed E-state index contributed by atoms with van der Waals surface area (Å²) in [4.78, 5) is 23.7. The van der Waals surface area contributed by atoms with Gasteiger partial charge in [-0.15, -0.1) is 0 Å². The van der Waals surface area contributed by atoms with Gasteiger partial charge in [0, 0.05) is 23.8 Å². The van der Waals surface area contributed by atoms with Crippen LogP contribution in [-0.2, 0) is 14.3 Å². The van der Waals surface area contributed by atoms with E-state index in [1.807, 2.05) is 6.92 Å². The molecule has 0 radical (unpaired) electrons. The number of rotatable bonds is 0. The topological polar surface area (TPSA) is 63.6 Å². The number of Topliss-reactive ketones (excluding diaryl/α,β-unsaturated/α-hetero) is 1. The molecule has 3 aliphatic rings. The van der Waals surface area contributed by atoms with E-state index in [1.54, 1.807) is 0 Å². The van der Waals surface area contributed by atoms with Crippen LogP contribution in [0.3, 0.4) is 0 Å². The van der Waals surface area contributed by atoms with Gasteiger partial charge in [0.1, 0.15) is 11.9 Å². The molecule has 6 atom stereocenters. The first-order valence-electron chi connectivity index (χ1n) is 6.70. The van der Waals surface area contributed by atoms with Crippen molar-refractivity contribution in [3.8, 4) is 0 Å². The SMILES string of the molecule is C=C1C(=O)O[C@H]2[C@H]1[C@@H](O)CC(=C)[C@@H]1CC(=O)[C@@H](C)[C@H]21. The lowest BCUT2D eigenvalue weighted by Crippen LogP contribution is -2.35. The van der Waals surface area contributed by atoms with Crippen LogP contribution in [0.4, 0.5) is 0 Å². The van der Waals surface area contributed by atoms with Crippen LogP contribution in [0.15, 0.2) is 24.3 Å². The minimum absolute atomic E-state index is 0.0193. The van der Waals surface area contributed by atoms with Crippen LogP contribution in [0.1, 0.15) is 19.8 Å². The third kappa shape index (κ3) is 1.62. The third-order valence-corrected chi connectivity index (χ3v) is 5.02. The molecular formula is C15H18O4. The first kappa shape index (κ1) is 12.6. The average Bonchev–Trinajstić information content (AvgIpc) is 2.75. The normalized spacial score (nSPS) is 45.8. The molecule has 0 amide bonds. The van der Waals surface area contributed by atoms with Crippen molar-refractivity contribution in [3.63, 3.8) is 0 Å². The maximum absolute atomic E-state index is 12.0. The highest BCUT2D eigenvalue weighted by Crippen LogP contribution is 2.51. The molecule has 2 aliphatic carbocycles. The number of aliphatic hydroxyl groups is 1. The molecule has 2 saturated carbocycles. The van der Waals surface area contributed by atoms with Gasteiger partial charge in [-0.05, 0) is 12.3 Å². The highest BCUT2D eigenvalue weighted by molar-refractivity contribution is 5.91. The summed E-state index contributed by atoms with van der Waals surface area (Å²) in [6.45, 7) is 9.65. The quantitative estimate of drug-likeness (QED) is 0.405. The van der Waals surface area contributed by atoms with Gasteiger partial charge < -0.3 is 9.84 Å². The molecule has 0 aromatic heterocycles. The molecule has 1 heterocycles. The second-order valence-corrected chi connectivity index (χ2v) is 5.99. The fraction of sp³-hybridized carbons (Fsp3) is 0.600. The monoisotopic (exact) mass is 262 g/mol. The van der Waals surface area contributed by atoms with Crippen molar-refractivity contribution in [2.24, 2.45) is 23.7 Å². The number of aliphatic hydroxyl groups excluding tert-OH is 1. The number of ether oxygens (including phenoxy) is 1.